The number of hydrogen-bond acceptors (Lipinski definition) is 4. The van der Waals surface area contributed by atoms with Crippen molar-refractivity contribution >= 4 is 41.1 Å². The van der Waals surface area contributed by atoms with Crippen LogP contribution in [0.15, 0.2) is 22.7 Å². The minimum atomic E-state index is -0.788. The van der Waals surface area contributed by atoms with Crippen molar-refractivity contribution in [3.63, 3.8) is 0 Å². The van der Waals surface area contributed by atoms with E-state index in [2.05, 4.69) is 4.99 Å². The van der Waals surface area contributed by atoms with Gasteiger partial charge in [0, 0.05) is 11.8 Å². The normalized spacial score (nSPS) is 13.2. The molecule has 0 aromatic heterocycles. The van der Waals surface area contributed by atoms with E-state index >= 15 is 0 Å². The third kappa shape index (κ3) is 5.52. The van der Waals surface area contributed by atoms with Crippen molar-refractivity contribution in [2.45, 2.75) is 33.2 Å². The minimum absolute atomic E-state index is 0.000132. The fraction of sp³-hybridized carbons (Fsp3) is 0.375. The second-order valence-electron chi connectivity index (χ2n) is 5.66. The van der Waals surface area contributed by atoms with Crippen molar-refractivity contribution in [2.24, 2.45) is 4.99 Å². The Hall–Kier alpha value is -1.59. The summed E-state index contributed by atoms with van der Waals surface area (Å²) in [7, 11) is 0. The molecule has 0 fully saturated rings. The standard InChI is InChI=1S/C16H18Cl2FNO3/c1-5-23-15(22)10(8-20-16(2,3)4)14(21)9-6-13(19)12(18)7-11(9)17/h6-8,21H,5H2,1-4H3. The van der Waals surface area contributed by atoms with E-state index in [-0.39, 0.29) is 27.8 Å². The summed E-state index contributed by atoms with van der Waals surface area (Å²) in [5, 5.41) is 10.2. The SMILES string of the molecule is CCOC(=O)C(C=NC(C)(C)C)=C(O)c1cc(F)c(Cl)cc1Cl. The van der Waals surface area contributed by atoms with Crippen molar-refractivity contribution < 1.29 is 19.0 Å². The van der Waals surface area contributed by atoms with Crippen LogP contribution in [-0.4, -0.2) is 29.4 Å². The number of nitrogens with zero attached hydrogens (tertiary/aromatic N) is 1. The fourth-order valence-corrected chi connectivity index (χ4v) is 2.00. The van der Waals surface area contributed by atoms with Crippen LogP contribution >= 0.6 is 23.2 Å². The van der Waals surface area contributed by atoms with Gasteiger partial charge in [-0.05, 0) is 39.8 Å². The highest BCUT2D eigenvalue weighted by Crippen LogP contribution is 2.30. The van der Waals surface area contributed by atoms with Gasteiger partial charge >= 0.3 is 5.97 Å². The van der Waals surface area contributed by atoms with E-state index in [1.165, 1.54) is 6.21 Å². The van der Waals surface area contributed by atoms with Crippen LogP contribution in [0, 0.1) is 5.82 Å². The van der Waals surface area contributed by atoms with Crippen LogP contribution in [0.1, 0.15) is 33.3 Å². The number of carbonyl (C=O) groups excluding carboxylic acids is 1. The van der Waals surface area contributed by atoms with Gasteiger partial charge in [-0.3, -0.25) is 4.99 Å². The number of carbonyl (C=O) groups is 1. The van der Waals surface area contributed by atoms with Crippen LogP contribution in [-0.2, 0) is 9.53 Å². The molecule has 0 radical (unpaired) electrons. The van der Waals surface area contributed by atoms with Crippen LogP contribution in [0.3, 0.4) is 0 Å². The van der Waals surface area contributed by atoms with Crippen molar-refractivity contribution in [3.8, 4) is 0 Å². The van der Waals surface area contributed by atoms with Crippen LogP contribution in [0.25, 0.3) is 5.76 Å². The molecule has 4 nitrogen and oxygen atoms in total. The summed E-state index contributed by atoms with van der Waals surface area (Å²) in [5.41, 5.74) is -0.769. The smallest absolute Gasteiger partial charge is 0.343 e. The van der Waals surface area contributed by atoms with Gasteiger partial charge in [0.1, 0.15) is 17.1 Å². The van der Waals surface area contributed by atoms with E-state index in [1.54, 1.807) is 6.92 Å². The molecular weight excluding hydrogens is 344 g/mol. The van der Waals surface area contributed by atoms with Gasteiger partial charge in [-0.25, -0.2) is 9.18 Å². The first-order valence-electron chi connectivity index (χ1n) is 6.87. The lowest BCUT2D eigenvalue weighted by atomic mass is 10.1. The molecule has 0 spiro atoms. The van der Waals surface area contributed by atoms with Crippen molar-refractivity contribution in [3.05, 3.63) is 39.1 Å². The first kappa shape index (κ1) is 19.5. The Morgan fingerprint density at radius 1 is 1.35 bits per heavy atom. The number of aliphatic hydroxyl groups excluding tert-OH is 1. The zero-order valence-corrected chi connectivity index (χ0v) is 14.8. The molecule has 1 aromatic rings. The Bertz CT molecular complexity index is 664. The van der Waals surface area contributed by atoms with Gasteiger partial charge in [0.25, 0.3) is 0 Å². The molecule has 1 N–H and O–H groups in total. The fourth-order valence-electron chi connectivity index (χ4n) is 1.53. The topological polar surface area (TPSA) is 58.9 Å². The highest BCUT2D eigenvalue weighted by molar-refractivity contribution is 6.36. The van der Waals surface area contributed by atoms with Crippen LogP contribution in [0.4, 0.5) is 4.39 Å². The van der Waals surface area contributed by atoms with Crippen LogP contribution in [0.5, 0.6) is 0 Å². The summed E-state index contributed by atoms with van der Waals surface area (Å²) >= 11 is 11.6. The molecule has 1 rings (SSSR count). The third-order valence-electron chi connectivity index (χ3n) is 2.60. The lowest BCUT2D eigenvalue weighted by molar-refractivity contribution is -0.137. The maximum atomic E-state index is 13.6. The largest absolute Gasteiger partial charge is 0.506 e. The van der Waals surface area contributed by atoms with Gasteiger partial charge in [-0.1, -0.05) is 23.2 Å². The minimum Gasteiger partial charge on any atom is -0.506 e. The number of halogens is 3. The van der Waals surface area contributed by atoms with Gasteiger partial charge in [-0.2, -0.15) is 0 Å². The highest BCUT2D eigenvalue weighted by Gasteiger charge is 2.20. The molecule has 0 atom stereocenters. The number of aliphatic hydroxyl groups is 1. The quantitative estimate of drug-likeness (QED) is 0.274. The maximum absolute atomic E-state index is 13.6. The summed E-state index contributed by atoms with van der Waals surface area (Å²) in [5.74, 6) is -2.09. The zero-order valence-electron chi connectivity index (χ0n) is 13.3. The molecule has 0 saturated heterocycles. The predicted octanol–water partition coefficient (Wildman–Crippen LogP) is 4.83. The first-order chi connectivity index (χ1) is 10.6. The molecule has 0 amide bonds. The molecule has 0 unspecified atom stereocenters. The molecule has 23 heavy (non-hydrogen) atoms. The van der Waals surface area contributed by atoms with E-state index in [9.17, 15) is 14.3 Å². The average Bonchev–Trinajstić information content (AvgIpc) is 2.41. The second kappa shape index (κ2) is 7.79. The summed E-state index contributed by atoms with van der Waals surface area (Å²) in [6.07, 6.45) is 1.19. The number of ether oxygens (including phenoxy) is 1. The average molecular weight is 362 g/mol. The lowest BCUT2D eigenvalue weighted by Gasteiger charge is -2.13. The summed E-state index contributed by atoms with van der Waals surface area (Å²) in [6.45, 7) is 7.19. The lowest BCUT2D eigenvalue weighted by Crippen LogP contribution is -2.15. The maximum Gasteiger partial charge on any atom is 0.343 e. The molecule has 7 heteroatoms. The van der Waals surface area contributed by atoms with Crippen LogP contribution in [0.2, 0.25) is 10.0 Å². The molecule has 0 aliphatic heterocycles. The summed E-state index contributed by atoms with van der Waals surface area (Å²) in [6, 6.07) is 2.10. The van der Waals surface area contributed by atoms with Gasteiger partial charge in [0.05, 0.1) is 22.2 Å². The molecule has 0 aliphatic carbocycles. The van der Waals surface area contributed by atoms with E-state index in [0.29, 0.717) is 0 Å². The van der Waals surface area contributed by atoms with Gasteiger partial charge in [0.2, 0.25) is 0 Å². The van der Waals surface area contributed by atoms with E-state index in [4.69, 9.17) is 27.9 Å². The summed E-state index contributed by atoms with van der Waals surface area (Å²) in [4.78, 5) is 16.2. The summed E-state index contributed by atoms with van der Waals surface area (Å²) < 4.78 is 18.5. The number of esters is 1. The number of rotatable bonds is 4. The van der Waals surface area contributed by atoms with Crippen molar-refractivity contribution in [2.75, 3.05) is 6.61 Å². The van der Waals surface area contributed by atoms with Gasteiger partial charge < -0.3 is 9.84 Å². The Balaban J connectivity index is 3.48. The molecular formula is C16H18Cl2FNO3. The number of benzene rings is 1. The molecule has 0 saturated carbocycles. The van der Waals surface area contributed by atoms with Crippen molar-refractivity contribution in [1.29, 1.82) is 0 Å². The highest BCUT2D eigenvalue weighted by atomic mass is 35.5. The molecule has 0 bridgehead atoms. The van der Waals surface area contributed by atoms with E-state index < -0.39 is 23.1 Å². The molecule has 1 aromatic carbocycles. The Morgan fingerprint density at radius 3 is 2.48 bits per heavy atom. The number of aliphatic imine (C=N–C) groups is 1. The molecule has 0 aliphatic rings. The van der Waals surface area contributed by atoms with Crippen molar-refractivity contribution in [1.82, 2.24) is 0 Å². The van der Waals surface area contributed by atoms with E-state index in [1.807, 2.05) is 20.8 Å². The Morgan fingerprint density at radius 2 is 1.96 bits per heavy atom. The second-order valence-corrected chi connectivity index (χ2v) is 6.47. The predicted molar refractivity (Wildman–Crippen MR) is 90.8 cm³/mol. The molecule has 126 valence electrons. The van der Waals surface area contributed by atoms with Gasteiger partial charge in [-0.15, -0.1) is 0 Å². The number of hydrogen-bond donors (Lipinski definition) is 1. The first-order valence-corrected chi connectivity index (χ1v) is 7.63. The molecule has 0 heterocycles. The zero-order chi connectivity index (χ0) is 17.8. The van der Waals surface area contributed by atoms with Gasteiger partial charge in [0.15, 0.2) is 0 Å². The Kier molecular flexibility index (Phi) is 6.59. The van der Waals surface area contributed by atoms with Crippen LogP contribution < -0.4 is 0 Å². The van der Waals surface area contributed by atoms with E-state index in [0.717, 1.165) is 12.1 Å². The monoisotopic (exact) mass is 361 g/mol. The Labute approximate surface area is 144 Å². The third-order valence-corrected chi connectivity index (χ3v) is 3.20.